The fourth-order valence-corrected chi connectivity index (χ4v) is 1.78. The van der Waals surface area contributed by atoms with Crippen molar-refractivity contribution in [2.45, 2.75) is 13.8 Å². The number of hydrogen-bond donors (Lipinski definition) is 3. The molecule has 1 heterocycles. The number of aromatic hydroxyl groups is 2. The summed E-state index contributed by atoms with van der Waals surface area (Å²) in [6, 6.07) is 4.79. The van der Waals surface area contributed by atoms with E-state index in [1.807, 2.05) is 0 Å². The number of phenols is 2. The molecule has 1 amide bonds. The first-order valence-corrected chi connectivity index (χ1v) is 6.26. The second-order valence-corrected chi connectivity index (χ2v) is 4.54. The Balaban J connectivity index is 2.16. The van der Waals surface area contributed by atoms with E-state index in [1.165, 1.54) is 18.5 Å². The van der Waals surface area contributed by atoms with Crippen molar-refractivity contribution in [2.24, 2.45) is 5.10 Å². The lowest BCUT2D eigenvalue weighted by Crippen LogP contribution is -2.17. The summed E-state index contributed by atoms with van der Waals surface area (Å²) in [6.07, 6.45) is 4.34. The number of hydrazone groups is 1. The van der Waals surface area contributed by atoms with Crippen LogP contribution in [0, 0.1) is 13.8 Å². The molecule has 3 N–H and O–H groups in total. The number of pyridine rings is 1. The van der Waals surface area contributed by atoms with E-state index in [9.17, 15) is 15.0 Å². The SMILES string of the molecule is Cc1cc(O)c(C)c(O)c1/C=N/NC(=O)c1cccnc1. The van der Waals surface area contributed by atoms with Crippen molar-refractivity contribution < 1.29 is 15.0 Å². The summed E-state index contributed by atoms with van der Waals surface area (Å²) in [4.78, 5) is 15.6. The topological polar surface area (TPSA) is 94.8 Å². The fourth-order valence-electron chi connectivity index (χ4n) is 1.78. The fraction of sp³-hybridized carbons (Fsp3) is 0.133. The monoisotopic (exact) mass is 285 g/mol. The Bertz CT molecular complexity index is 697. The van der Waals surface area contributed by atoms with Gasteiger partial charge < -0.3 is 10.2 Å². The molecule has 0 saturated carbocycles. The predicted octanol–water partition coefficient (Wildman–Crippen LogP) is 1.87. The van der Waals surface area contributed by atoms with Crippen molar-refractivity contribution in [2.75, 3.05) is 0 Å². The third-order valence-electron chi connectivity index (χ3n) is 3.06. The van der Waals surface area contributed by atoms with Crippen LogP contribution < -0.4 is 5.43 Å². The van der Waals surface area contributed by atoms with Gasteiger partial charge in [0.25, 0.3) is 5.91 Å². The van der Waals surface area contributed by atoms with E-state index in [2.05, 4.69) is 15.5 Å². The van der Waals surface area contributed by atoms with Gasteiger partial charge in [-0.15, -0.1) is 0 Å². The maximum Gasteiger partial charge on any atom is 0.272 e. The van der Waals surface area contributed by atoms with Crippen molar-refractivity contribution in [1.29, 1.82) is 0 Å². The smallest absolute Gasteiger partial charge is 0.272 e. The Labute approximate surface area is 121 Å². The standard InChI is InChI=1S/C15H15N3O3/c1-9-6-13(19)10(2)14(20)12(9)8-17-18-15(21)11-4-3-5-16-7-11/h3-8,19-20H,1-2H3,(H,18,21)/b17-8+. The maximum atomic E-state index is 11.8. The molecule has 21 heavy (non-hydrogen) atoms. The Morgan fingerprint density at radius 2 is 2.14 bits per heavy atom. The Morgan fingerprint density at radius 1 is 1.38 bits per heavy atom. The molecule has 0 bridgehead atoms. The molecule has 6 nitrogen and oxygen atoms in total. The lowest BCUT2D eigenvalue weighted by molar-refractivity contribution is 0.0954. The highest BCUT2D eigenvalue weighted by Crippen LogP contribution is 2.31. The Morgan fingerprint density at radius 3 is 2.81 bits per heavy atom. The van der Waals surface area contributed by atoms with Crippen LogP contribution in [0.1, 0.15) is 27.0 Å². The second kappa shape index (κ2) is 6.04. The number of nitrogens with one attached hydrogen (secondary N) is 1. The van der Waals surface area contributed by atoms with Crippen LogP contribution in [0.2, 0.25) is 0 Å². The van der Waals surface area contributed by atoms with Crippen LogP contribution >= 0.6 is 0 Å². The first-order valence-electron chi connectivity index (χ1n) is 6.26. The molecule has 0 aliphatic rings. The van der Waals surface area contributed by atoms with Gasteiger partial charge in [0.2, 0.25) is 0 Å². The van der Waals surface area contributed by atoms with Crippen LogP contribution in [0.4, 0.5) is 0 Å². The Kier molecular flexibility index (Phi) is 4.18. The molecule has 1 aromatic carbocycles. The molecule has 1 aromatic heterocycles. The minimum Gasteiger partial charge on any atom is -0.508 e. The van der Waals surface area contributed by atoms with Crippen molar-refractivity contribution >= 4 is 12.1 Å². The molecule has 108 valence electrons. The lowest BCUT2D eigenvalue weighted by Gasteiger charge is -2.08. The summed E-state index contributed by atoms with van der Waals surface area (Å²) < 4.78 is 0. The van der Waals surface area contributed by atoms with Crippen molar-refractivity contribution in [3.05, 3.63) is 52.8 Å². The first kappa shape index (κ1) is 14.5. The van der Waals surface area contributed by atoms with Gasteiger partial charge in [0, 0.05) is 23.5 Å². The number of benzene rings is 1. The highest BCUT2D eigenvalue weighted by Gasteiger charge is 2.10. The van der Waals surface area contributed by atoms with Crippen LogP contribution in [0.25, 0.3) is 0 Å². The minimum absolute atomic E-state index is 0.0153. The molecule has 2 rings (SSSR count). The molecule has 0 atom stereocenters. The van der Waals surface area contributed by atoms with Crippen LogP contribution in [-0.2, 0) is 0 Å². The number of hydrogen-bond acceptors (Lipinski definition) is 5. The molecule has 0 radical (unpaired) electrons. The predicted molar refractivity (Wildman–Crippen MR) is 78.5 cm³/mol. The van der Waals surface area contributed by atoms with Gasteiger partial charge in [0.05, 0.1) is 11.8 Å². The Hall–Kier alpha value is -2.89. The van der Waals surface area contributed by atoms with E-state index in [1.54, 1.807) is 32.2 Å². The summed E-state index contributed by atoms with van der Waals surface area (Å²) in [7, 11) is 0. The van der Waals surface area contributed by atoms with Crippen molar-refractivity contribution in [3.63, 3.8) is 0 Å². The van der Waals surface area contributed by atoms with Gasteiger partial charge in [-0.1, -0.05) is 0 Å². The van der Waals surface area contributed by atoms with Crippen LogP contribution in [0.3, 0.4) is 0 Å². The normalized spacial score (nSPS) is 10.8. The van der Waals surface area contributed by atoms with E-state index in [4.69, 9.17) is 0 Å². The molecule has 0 aliphatic carbocycles. The number of phenolic OH excluding ortho intramolecular Hbond substituents is 2. The average Bonchev–Trinajstić information content (AvgIpc) is 2.49. The van der Waals surface area contributed by atoms with Gasteiger partial charge in [-0.2, -0.15) is 5.10 Å². The van der Waals surface area contributed by atoms with Crippen molar-refractivity contribution in [1.82, 2.24) is 10.4 Å². The van der Waals surface area contributed by atoms with Gasteiger partial charge in [-0.05, 0) is 37.6 Å². The van der Waals surface area contributed by atoms with E-state index in [-0.39, 0.29) is 11.5 Å². The van der Waals surface area contributed by atoms with Crippen LogP contribution in [-0.4, -0.2) is 27.3 Å². The number of carbonyl (C=O) groups excluding carboxylic acids is 1. The summed E-state index contributed by atoms with van der Waals surface area (Å²) >= 11 is 0. The van der Waals surface area contributed by atoms with E-state index in [0.29, 0.717) is 22.3 Å². The van der Waals surface area contributed by atoms with Gasteiger partial charge in [0.15, 0.2) is 0 Å². The number of rotatable bonds is 3. The molecule has 0 unspecified atom stereocenters. The third kappa shape index (κ3) is 3.17. The number of aryl methyl sites for hydroxylation is 1. The van der Waals surface area contributed by atoms with Gasteiger partial charge in [-0.3, -0.25) is 9.78 Å². The lowest BCUT2D eigenvalue weighted by atomic mass is 10.0. The molecule has 6 heteroatoms. The van der Waals surface area contributed by atoms with Crippen molar-refractivity contribution in [3.8, 4) is 11.5 Å². The van der Waals surface area contributed by atoms with Gasteiger partial charge in [-0.25, -0.2) is 5.43 Å². The molecular formula is C15H15N3O3. The summed E-state index contributed by atoms with van der Waals surface area (Å²) in [5.41, 5.74) is 4.19. The average molecular weight is 285 g/mol. The quantitative estimate of drug-likeness (QED) is 0.592. The van der Waals surface area contributed by atoms with E-state index in [0.717, 1.165) is 0 Å². The van der Waals surface area contributed by atoms with Crippen LogP contribution in [0.5, 0.6) is 11.5 Å². The zero-order valence-electron chi connectivity index (χ0n) is 11.7. The molecule has 0 saturated heterocycles. The summed E-state index contributed by atoms with van der Waals surface area (Å²) in [6.45, 7) is 3.32. The maximum absolute atomic E-state index is 11.8. The van der Waals surface area contributed by atoms with Gasteiger partial charge in [0.1, 0.15) is 11.5 Å². The van der Waals surface area contributed by atoms with Gasteiger partial charge >= 0.3 is 0 Å². The highest BCUT2D eigenvalue weighted by molar-refractivity contribution is 5.95. The zero-order valence-corrected chi connectivity index (χ0v) is 11.7. The third-order valence-corrected chi connectivity index (χ3v) is 3.06. The highest BCUT2D eigenvalue weighted by atomic mass is 16.3. The first-order chi connectivity index (χ1) is 10.0. The molecule has 2 aromatic rings. The number of amides is 1. The largest absolute Gasteiger partial charge is 0.508 e. The zero-order chi connectivity index (χ0) is 15.4. The second-order valence-electron chi connectivity index (χ2n) is 4.54. The number of nitrogens with zero attached hydrogens (tertiary/aromatic N) is 2. The van der Waals surface area contributed by atoms with Crippen LogP contribution in [0.15, 0.2) is 35.7 Å². The number of carbonyl (C=O) groups is 1. The summed E-state index contributed by atoms with van der Waals surface area (Å²) in [5.74, 6) is -0.444. The van der Waals surface area contributed by atoms with E-state index < -0.39 is 5.91 Å². The molecule has 0 aliphatic heterocycles. The van der Waals surface area contributed by atoms with E-state index >= 15 is 0 Å². The molecule has 0 spiro atoms. The molecule has 0 fully saturated rings. The molecular weight excluding hydrogens is 270 g/mol. The minimum atomic E-state index is -0.396. The number of aromatic nitrogens is 1. The summed E-state index contributed by atoms with van der Waals surface area (Å²) in [5, 5.41) is 23.4.